The Labute approximate surface area is 101 Å². The molecule has 1 aliphatic rings. The SMILES string of the molecule is CCC1CCCC1Nc1ccc(F)cc1C#N. The van der Waals surface area contributed by atoms with Gasteiger partial charge in [0, 0.05) is 6.04 Å². The van der Waals surface area contributed by atoms with Gasteiger partial charge in [-0.25, -0.2) is 4.39 Å². The molecule has 1 fully saturated rings. The van der Waals surface area contributed by atoms with E-state index < -0.39 is 0 Å². The van der Waals surface area contributed by atoms with Gasteiger partial charge in [0.1, 0.15) is 11.9 Å². The van der Waals surface area contributed by atoms with E-state index in [2.05, 4.69) is 12.2 Å². The van der Waals surface area contributed by atoms with E-state index in [1.165, 1.54) is 25.0 Å². The van der Waals surface area contributed by atoms with Gasteiger partial charge in [-0.1, -0.05) is 19.8 Å². The number of nitrogens with one attached hydrogen (secondary N) is 1. The third kappa shape index (κ3) is 2.58. The lowest BCUT2D eigenvalue weighted by Gasteiger charge is -2.21. The topological polar surface area (TPSA) is 35.8 Å². The van der Waals surface area contributed by atoms with Gasteiger partial charge in [0.25, 0.3) is 0 Å². The highest BCUT2D eigenvalue weighted by Crippen LogP contribution is 2.31. The van der Waals surface area contributed by atoms with Crippen LogP contribution < -0.4 is 5.32 Å². The number of benzene rings is 1. The van der Waals surface area contributed by atoms with Crippen LogP contribution in [0.3, 0.4) is 0 Å². The van der Waals surface area contributed by atoms with Crippen LogP contribution in [0.2, 0.25) is 0 Å². The largest absolute Gasteiger partial charge is 0.381 e. The lowest BCUT2D eigenvalue weighted by atomic mass is 10.00. The van der Waals surface area contributed by atoms with E-state index in [-0.39, 0.29) is 5.82 Å². The molecule has 0 heterocycles. The normalized spacial score (nSPS) is 23.4. The summed E-state index contributed by atoms with van der Waals surface area (Å²) in [7, 11) is 0. The lowest BCUT2D eigenvalue weighted by Crippen LogP contribution is -2.23. The molecule has 1 aromatic rings. The van der Waals surface area contributed by atoms with Crippen LogP contribution in [0.1, 0.15) is 38.2 Å². The molecule has 1 saturated carbocycles. The average Bonchev–Trinajstić information content (AvgIpc) is 2.78. The molecule has 2 rings (SSSR count). The standard InChI is InChI=1S/C14H17FN2/c1-2-10-4-3-5-13(10)17-14-7-6-12(15)8-11(14)9-16/h6-8,10,13,17H,2-5H2,1H3. The average molecular weight is 232 g/mol. The Bertz CT molecular complexity index is 436. The summed E-state index contributed by atoms with van der Waals surface area (Å²) in [6, 6.07) is 6.83. The van der Waals surface area contributed by atoms with Gasteiger partial charge in [-0.05, 0) is 37.0 Å². The van der Waals surface area contributed by atoms with Crippen LogP contribution in [-0.4, -0.2) is 6.04 Å². The molecular weight excluding hydrogens is 215 g/mol. The van der Waals surface area contributed by atoms with E-state index in [0.29, 0.717) is 17.5 Å². The highest BCUT2D eigenvalue weighted by Gasteiger charge is 2.25. The van der Waals surface area contributed by atoms with Gasteiger partial charge >= 0.3 is 0 Å². The fourth-order valence-corrected chi connectivity index (χ4v) is 2.65. The predicted octanol–water partition coefficient (Wildman–Crippen LogP) is 3.69. The Hall–Kier alpha value is -1.56. The smallest absolute Gasteiger partial charge is 0.124 e. The number of halogens is 1. The minimum Gasteiger partial charge on any atom is -0.381 e. The maximum Gasteiger partial charge on any atom is 0.124 e. The van der Waals surface area contributed by atoms with Crippen LogP contribution in [0.15, 0.2) is 18.2 Å². The zero-order valence-corrected chi connectivity index (χ0v) is 10.0. The van der Waals surface area contributed by atoms with Gasteiger partial charge in [0.2, 0.25) is 0 Å². The number of nitriles is 1. The van der Waals surface area contributed by atoms with Crippen molar-refractivity contribution in [3.05, 3.63) is 29.6 Å². The molecule has 17 heavy (non-hydrogen) atoms. The van der Waals surface area contributed by atoms with Crippen molar-refractivity contribution in [3.8, 4) is 6.07 Å². The van der Waals surface area contributed by atoms with Crippen molar-refractivity contribution >= 4 is 5.69 Å². The summed E-state index contributed by atoms with van der Waals surface area (Å²) >= 11 is 0. The molecule has 0 spiro atoms. The van der Waals surface area contributed by atoms with Crippen molar-refractivity contribution in [2.24, 2.45) is 5.92 Å². The summed E-state index contributed by atoms with van der Waals surface area (Å²) in [6.07, 6.45) is 4.78. The minimum atomic E-state index is -0.356. The molecule has 2 nitrogen and oxygen atoms in total. The van der Waals surface area contributed by atoms with E-state index in [4.69, 9.17) is 5.26 Å². The number of rotatable bonds is 3. The maximum atomic E-state index is 13.0. The highest BCUT2D eigenvalue weighted by molar-refractivity contribution is 5.58. The zero-order chi connectivity index (χ0) is 12.3. The van der Waals surface area contributed by atoms with Crippen LogP contribution in [-0.2, 0) is 0 Å². The summed E-state index contributed by atoms with van der Waals surface area (Å²) in [5.41, 5.74) is 1.16. The first-order valence-corrected chi connectivity index (χ1v) is 6.20. The van der Waals surface area contributed by atoms with Crippen LogP contribution in [0.25, 0.3) is 0 Å². The first-order valence-electron chi connectivity index (χ1n) is 6.20. The Kier molecular flexibility index (Phi) is 3.63. The number of hydrogen-bond acceptors (Lipinski definition) is 2. The Morgan fingerprint density at radius 1 is 1.47 bits per heavy atom. The van der Waals surface area contributed by atoms with Crippen LogP contribution >= 0.6 is 0 Å². The summed E-state index contributed by atoms with van der Waals surface area (Å²) in [4.78, 5) is 0. The Morgan fingerprint density at radius 2 is 2.29 bits per heavy atom. The molecule has 3 heteroatoms. The molecule has 2 atom stereocenters. The molecule has 0 aromatic heterocycles. The minimum absolute atomic E-state index is 0.356. The van der Waals surface area contributed by atoms with E-state index in [1.54, 1.807) is 6.07 Å². The van der Waals surface area contributed by atoms with Crippen molar-refractivity contribution in [1.82, 2.24) is 0 Å². The highest BCUT2D eigenvalue weighted by atomic mass is 19.1. The van der Waals surface area contributed by atoms with E-state index in [0.717, 1.165) is 18.5 Å². The summed E-state index contributed by atoms with van der Waals surface area (Å²) in [5, 5.41) is 12.4. The third-order valence-corrected chi connectivity index (χ3v) is 3.63. The van der Waals surface area contributed by atoms with E-state index >= 15 is 0 Å². The van der Waals surface area contributed by atoms with Crippen molar-refractivity contribution in [3.63, 3.8) is 0 Å². The lowest BCUT2D eigenvalue weighted by molar-refractivity contribution is 0.489. The van der Waals surface area contributed by atoms with Crippen molar-refractivity contribution in [1.29, 1.82) is 5.26 Å². The molecular formula is C14H17FN2. The second-order valence-corrected chi connectivity index (χ2v) is 4.65. The van der Waals surface area contributed by atoms with Gasteiger partial charge in [-0.15, -0.1) is 0 Å². The third-order valence-electron chi connectivity index (χ3n) is 3.63. The molecule has 0 amide bonds. The fraction of sp³-hybridized carbons (Fsp3) is 0.500. The van der Waals surface area contributed by atoms with Gasteiger partial charge in [0.15, 0.2) is 0 Å². The van der Waals surface area contributed by atoms with Gasteiger partial charge in [-0.3, -0.25) is 0 Å². The molecule has 0 saturated heterocycles. The molecule has 90 valence electrons. The molecule has 2 unspecified atom stereocenters. The van der Waals surface area contributed by atoms with E-state index in [9.17, 15) is 4.39 Å². The summed E-state index contributed by atoms with van der Waals surface area (Å²) < 4.78 is 13.0. The number of hydrogen-bond donors (Lipinski definition) is 1. The molecule has 0 aliphatic heterocycles. The molecule has 0 radical (unpaired) electrons. The van der Waals surface area contributed by atoms with Crippen molar-refractivity contribution in [2.75, 3.05) is 5.32 Å². The second-order valence-electron chi connectivity index (χ2n) is 4.65. The van der Waals surface area contributed by atoms with Crippen molar-refractivity contribution < 1.29 is 4.39 Å². The zero-order valence-electron chi connectivity index (χ0n) is 10.0. The van der Waals surface area contributed by atoms with Gasteiger partial charge in [-0.2, -0.15) is 5.26 Å². The van der Waals surface area contributed by atoms with Crippen molar-refractivity contribution in [2.45, 2.75) is 38.6 Å². The maximum absolute atomic E-state index is 13.0. The first kappa shape index (κ1) is 11.9. The fourth-order valence-electron chi connectivity index (χ4n) is 2.65. The van der Waals surface area contributed by atoms with Gasteiger partial charge in [0.05, 0.1) is 11.3 Å². The summed E-state index contributed by atoms with van der Waals surface area (Å²) in [6.45, 7) is 2.19. The quantitative estimate of drug-likeness (QED) is 0.862. The predicted molar refractivity (Wildman–Crippen MR) is 66.2 cm³/mol. The number of nitrogens with zero attached hydrogens (tertiary/aromatic N) is 1. The Balaban J connectivity index is 2.16. The van der Waals surface area contributed by atoms with Crippen LogP contribution in [0.4, 0.5) is 10.1 Å². The number of anilines is 1. The molecule has 1 aliphatic carbocycles. The Morgan fingerprint density at radius 3 is 3.00 bits per heavy atom. The monoisotopic (exact) mass is 232 g/mol. The first-order chi connectivity index (χ1) is 8.24. The van der Waals surface area contributed by atoms with Gasteiger partial charge < -0.3 is 5.32 Å². The van der Waals surface area contributed by atoms with Crippen LogP contribution in [0, 0.1) is 23.1 Å². The molecule has 0 bridgehead atoms. The summed E-state index contributed by atoms with van der Waals surface area (Å²) in [5.74, 6) is 0.317. The van der Waals surface area contributed by atoms with E-state index in [1.807, 2.05) is 6.07 Å². The molecule has 1 N–H and O–H groups in total. The second kappa shape index (κ2) is 5.18. The molecule has 1 aromatic carbocycles. The van der Waals surface area contributed by atoms with Crippen LogP contribution in [0.5, 0.6) is 0 Å².